The lowest BCUT2D eigenvalue weighted by Crippen LogP contribution is -2.12. The maximum atomic E-state index is 15.1. The van der Waals surface area contributed by atoms with Gasteiger partial charge in [-0.15, -0.1) is 0 Å². The average Bonchev–Trinajstić information content (AvgIpc) is 3.86. The van der Waals surface area contributed by atoms with Gasteiger partial charge in [-0.1, -0.05) is 78.9 Å². The van der Waals surface area contributed by atoms with E-state index < -0.39 is 98.3 Å². The van der Waals surface area contributed by atoms with Gasteiger partial charge in [0, 0.05) is 21.5 Å². The van der Waals surface area contributed by atoms with Crippen LogP contribution < -0.4 is 0 Å². The molecular weight excluding hydrogens is 1040 g/mol. The van der Waals surface area contributed by atoms with Gasteiger partial charge in [0.25, 0.3) is 0 Å². The second kappa shape index (κ2) is 17.3. The number of fused-ring (bicyclic) bond motifs is 6. The average molecular weight is 1070 g/mol. The molecule has 21 heteroatoms. The number of hydrogen-bond donors (Lipinski definition) is 0. The van der Waals surface area contributed by atoms with E-state index in [9.17, 15) is 71.1 Å². The van der Waals surface area contributed by atoms with E-state index in [2.05, 4.69) is 0 Å². The quantitative estimate of drug-likeness (QED) is 0.158. The highest BCUT2D eigenvalue weighted by atomic mass is 19.4. The van der Waals surface area contributed by atoms with Crippen LogP contribution in [0.3, 0.4) is 0 Å². The summed E-state index contributed by atoms with van der Waals surface area (Å²) >= 11 is 0. The van der Waals surface area contributed by atoms with E-state index in [1.807, 2.05) is 6.07 Å². The molecule has 0 spiro atoms. The highest BCUT2D eigenvalue weighted by molar-refractivity contribution is 6.12. The Morgan fingerprint density at radius 3 is 0.934 bits per heavy atom. The Hall–Kier alpha value is -8.41. The molecule has 0 atom stereocenters. The second-order valence-electron chi connectivity index (χ2n) is 17.4. The Kier molecular flexibility index (Phi) is 11.6. The molecule has 10 rings (SSSR count). The van der Waals surface area contributed by atoms with Crippen molar-refractivity contribution >= 4 is 43.6 Å². The van der Waals surface area contributed by atoms with E-state index in [4.69, 9.17) is 0 Å². The SMILES string of the molecule is N#Cc1c(-n2c3ccccc3c3ccc(-c4ccc(C(F)(F)F)cc4C(F)(F)F)cc32)cc(-c2ccc(C(F)(F)F)cc2C(F)(F)F)cc1-n1c2ccccc2c2ccc(-c3ccc(C(F)(F)F)cc3C(F)(F)F)cc21. The van der Waals surface area contributed by atoms with E-state index in [-0.39, 0.29) is 73.5 Å². The first-order valence-electron chi connectivity index (χ1n) is 22.0. The molecule has 0 unspecified atom stereocenters. The number of alkyl halides is 18. The first-order valence-corrected chi connectivity index (χ1v) is 22.0. The predicted molar refractivity (Wildman–Crippen MR) is 246 cm³/mol. The minimum absolute atomic E-state index is 0.0821. The molecule has 8 aromatic carbocycles. The third-order valence-corrected chi connectivity index (χ3v) is 12.9. The fourth-order valence-corrected chi connectivity index (χ4v) is 9.65. The lowest BCUT2D eigenvalue weighted by Gasteiger charge is -2.21. The first kappa shape index (κ1) is 51.1. The van der Waals surface area contributed by atoms with Crippen LogP contribution in [0.25, 0.3) is 88.4 Å². The van der Waals surface area contributed by atoms with Crippen LogP contribution in [0.2, 0.25) is 0 Å². The molecule has 76 heavy (non-hydrogen) atoms. The highest BCUT2D eigenvalue weighted by Gasteiger charge is 2.42. The standard InChI is InChI=1S/C55H25F18N3/c56-50(57,58)30-11-16-33(41(23-30)53(65,66)67)27-9-14-38-36-5-1-3-7-44(36)75(46(38)19-27)48-21-29(35-18-13-32(52(62,63)64)25-43(35)55(71,72)73)22-49(40(48)26-74)76-45-8-4-2-6-37(45)39-15-10-28(20-47(39)76)34-17-12-31(51(59,60)61)24-42(34)54(68,69)70/h1-25H. The summed E-state index contributed by atoms with van der Waals surface area (Å²) < 4.78 is 261. The van der Waals surface area contributed by atoms with Gasteiger partial charge in [-0.3, -0.25) is 0 Å². The lowest BCUT2D eigenvalue weighted by atomic mass is 9.94. The predicted octanol–water partition coefficient (Wildman–Crippen LogP) is 18.9. The summed E-state index contributed by atoms with van der Waals surface area (Å²) in [7, 11) is 0. The summed E-state index contributed by atoms with van der Waals surface area (Å²) in [5.41, 5.74) is -14.8. The monoisotopic (exact) mass is 1070 g/mol. The molecule has 0 aliphatic carbocycles. The van der Waals surface area contributed by atoms with Gasteiger partial charge < -0.3 is 9.13 Å². The van der Waals surface area contributed by atoms with Crippen LogP contribution in [0.5, 0.6) is 0 Å². The van der Waals surface area contributed by atoms with E-state index in [1.165, 1.54) is 69.8 Å². The molecule has 2 heterocycles. The van der Waals surface area contributed by atoms with Gasteiger partial charge >= 0.3 is 37.1 Å². The molecule has 0 aliphatic rings. The molecule has 3 nitrogen and oxygen atoms in total. The van der Waals surface area contributed by atoms with Crippen molar-refractivity contribution < 1.29 is 79.0 Å². The number of aromatic nitrogens is 2. The minimum Gasteiger partial charge on any atom is -0.308 e. The fourth-order valence-electron chi connectivity index (χ4n) is 9.65. The van der Waals surface area contributed by atoms with E-state index in [1.54, 1.807) is 12.1 Å². The number of hydrogen-bond acceptors (Lipinski definition) is 1. The normalized spacial score (nSPS) is 13.1. The van der Waals surface area contributed by atoms with Crippen LogP contribution >= 0.6 is 0 Å². The molecule has 0 fully saturated rings. The van der Waals surface area contributed by atoms with Crippen LogP contribution in [0.1, 0.15) is 38.9 Å². The molecule has 10 aromatic rings. The van der Waals surface area contributed by atoms with E-state index in [0.717, 1.165) is 24.3 Å². The van der Waals surface area contributed by atoms with Crippen molar-refractivity contribution in [1.29, 1.82) is 5.26 Å². The van der Waals surface area contributed by atoms with Crippen molar-refractivity contribution in [2.24, 2.45) is 0 Å². The molecule has 386 valence electrons. The Bertz CT molecular complexity index is 3830. The molecule has 0 saturated carbocycles. The zero-order valence-corrected chi connectivity index (χ0v) is 37.6. The van der Waals surface area contributed by atoms with Crippen molar-refractivity contribution in [2.75, 3.05) is 0 Å². The van der Waals surface area contributed by atoms with E-state index >= 15 is 13.2 Å². The van der Waals surface area contributed by atoms with Gasteiger partial charge in [-0.05, 0) is 106 Å². The van der Waals surface area contributed by atoms with Gasteiger partial charge in [0.1, 0.15) is 11.6 Å². The fraction of sp³-hybridized carbons (Fsp3) is 0.109. The third-order valence-electron chi connectivity index (χ3n) is 12.9. The van der Waals surface area contributed by atoms with Gasteiger partial charge in [0.2, 0.25) is 0 Å². The summed E-state index contributed by atoms with van der Waals surface area (Å²) in [4.78, 5) is 0. The second-order valence-corrected chi connectivity index (χ2v) is 17.4. The summed E-state index contributed by atoms with van der Waals surface area (Å²) in [6, 6.07) is 26.0. The molecule has 0 bridgehead atoms. The lowest BCUT2D eigenvalue weighted by molar-refractivity contribution is -0.144. The van der Waals surface area contributed by atoms with Crippen molar-refractivity contribution in [3.8, 4) is 50.8 Å². The zero-order chi connectivity index (χ0) is 54.8. The van der Waals surface area contributed by atoms with Crippen LogP contribution in [0.15, 0.2) is 152 Å². The number of halogens is 18. The first-order chi connectivity index (χ1) is 35.4. The van der Waals surface area contributed by atoms with Gasteiger partial charge in [0.05, 0.1) is 66.8 Å². The third kappa shape index (κ3) is 8.77. The van der Waals surface area contributed by atoms with Crippen molar-refractivity contribution in [2.45, 2.75) is 37.1 Å². The van der Waals surface area contributed by atoms with Crippen molar-refractivity contribution in [1.82, 2.24) is 9.13 Å². The maximum absolute atomic E-state index is 15.1. The van der Waals surface area contributed by atoms with Crippen molar-refractivity contribution in [3.63, 3.8) is 0 Å². The zero-order valence-electron chi connectivity index (χ0n) is 37.6. The minimum atomic E-state index is -5.51. The van der Waals surface area contributed by atoms with Crippen LogP contribution in [0, 0.1) is 11.3 Å². The number of para-hydroxylation sites is 2. The van der Waals surface area contributed by atoms with Crippen LogP contribution in [-0.2, 0) is 37.1 Å². The molecule has 0 amide bonds. The molecule has 0 radical (unpaired) electrons. The topological polar surface area (TPSA) is 33.6 Å². The number of nitriles is 1. The Morgan fingerprint density at radius 2 is 0.618 bits per heavy atom. The molecule has 0 saturated heterocycles. The number of rotatable bonds is 5. The number of benzene rings is 8. The highest BCUT2D eigenvalue weighted by Crippen LogP contribution is 2.48. The molecule has 2 aromatic heterocycles. The Labute approximate surface area is 414 Å². The summed E-state index contributed by atoms with van der Waals surface area (Å²) in [6.45, 7) is 0. The summed E-state index contributed by atoms with van der Waals surface area (Å²) in [5, 5.41) is 12.4. The number of nitrogens with zero attached hydrogens (tertiary/aromatic N) is 3. The van der Waals surface area contributed by atoms with Crippen LogP contribution in [0.4, 0.5) is 79.0 Å². The van der Waals surface area contributed by atoms with E-state index in [0.29, 0.717) is 47.2 Å². The van der Waals surface area contributed by atoms with Crippen molar-refractivity contribution in [3.05, 3.63) is 191 Å². The van der Waals surface area contributed by atoms with Crippen LogP contribution in [-0.4, -0.2) is 9.13 Å². The molecule has 0 N–H and O–H groups in total. The Morgan fingerprint density at radius 1 is 0.303 bits per heavy atom. The molecular formula is C55H25F18N3. The largest absolute Gasteiger partial charge is 0.417 e. The molecule has 0 aliphatic heterocycles. The summed E-state index contributed by atoms with van der Waals surface area (Å²) in [5.74, 6) is 0. The maximum Gasteiger partial charge on any atom is 0.417 e. The van der Waals surface area contributed by atoms with Gasteiger partial charge in [-0.25, -0.2) is 0 Å². The van der Waals surface area contributed by atoms with Gasteiger partial charge in [-0.2, -0.15) is 84.3 Å². The smallest absolute Gasteiger partial charge is 0.308 e. The summed E-state index contributed by atoms with van der Waals surface area (Å²) in [6.07, 6.45) is -31.9. The van der Waals surface area contributed by atoms with Gasteiger partial charge in [0.15, 0.2) is 0 Å². The Balaban J connectivity index is 1.35.